The third-order valence-electron chi connectivity index (χ3n) is 3.41. The summed E-state index contributed by atoms with van der Waals surface area (Å²) in [5.41, 5.74) is 1.50. The van der Waals surface area contributed by atoms with Crippen LogP contribution in [0.15, 0.2) is 48.5 Å². The first-order valence-electron chi connectivity index (χ1n) is 8.01. The van der Waals surface area contributed by atoms with Crippen LogP contribution in [0, 0.1) is 0 Å². The number of carbonyl (C=O) groups is 3. The van der Waals surface area contributed by atoms with E-state index >= 15 is 0 Å². The molecule has 2 N–H and O–H groups in total. The van der Waals surface area contributed by atoms with Crippen molar-refractivity contribution in [3.63, 3.8) is 0 Å². The van der Waals surface area contributed by atoms with Crippen LogP contribution in [-0.2, 0) is 14.3 Å². The number of carbonyl (C=O) groups excluding carboxylic acids is 3. The third-order valence-corrected chi connectivity index (χ3v) is 4.34. The fourth-order valence-electron chi connectivity index (χ4n) is 2.15. The molecular formula is C19H20N2O5S. The third kappa shape index (κ3) is 6.67. The SMILES string of the molecule is COC(=O)c1cccc(NC(=O)CSCC(=O)Nc2ccc(OC)cc2)c1. The van der Waals surface area contributed by atoms with Gasteiger partial charge in [0.15, 0.2) is 0 Å². The zero-order valence-electron chi connectivity index (χ0n) is 15.0. The highest BCUT2D eigenvalue weighted by molar-refractivity contribution is 8.00. The van der Waals surface area contributed by atoms with E-state index < -0.39 is 5.97 Å². The second-order valence-electron chi connectivity index (χ2n) is 5.39. The molecule has 0 heterocycles. The van der Waals surface area contributed by atoms with Crippen LogP contribution in [-0.4, -0.2) is 43.5 Å². The molecule has 0 radical (unpaired) electrons. The predicted molar refractivity (Wildman–Crippen MR) is 105 cm³/mol. The summed E-state index contributed by atoms with van der Waals surface area (Å²) >= 11 is 1.19. The molecule has 0 aliphatic heterocycles. The number of nitrogens with one attached hydrogen (secondary N) is 2. The number of rotatable bonds is 8. The summed E-state index contributed by atoms with van der Waals surface area (Å²) in [5, 5.41) is 5.43. The monoisotopic (exact) mass is 388 g/mol. The van der Waals surface area contributed by atoms with E-state index in [4.69, 9.17) is 4.74 Å². The fraction of sp³-hybridized carbons (Fsp3) is 0.211. The van der Waals surface area contributed by atoms with Gasteiger partial charge in [-0.05, 0) is 42.5 Å². The van der Waals surface area contributed by atoms with Gasteiger partial charge in [-0.3, -0.25) is 9.59 Å². The molecule has 2 aromatic rings. The highest BCUT2D eigenvalue weighted by Gasteiger charge is 2.09. The minimum atomic E-state index is -0.476. The zero-order valence-corrected chi connectivity index (χ0v) is 15.8. The minimum Gasteiger partial charge on any atom is -0.497 e. The molecule has 0 spiro atoms. The molecule has 0 fully saturated rings. The van der Waals surface area contributed by atoms with Gasteiger partial charge < -0.3 is 20.1 Å². The van der Waals surface area contributed by atoms with Crippen molar-refractivity contribution in [1.29, 1.82) is 0 Å². The number of thioether (sulfide) groups is 1. The molecule has 0 saturated heterocycles. The lowest BCUT2D eigenvalue weighted by molar-refractivity contribution is -0.114. The van der Waals surface area contributed by atoms with Gasteiger partial charge in [0, 0.05) is 11.4 Å². The van der Waals surface area contributed by atoms with Crippen LogP contribution < -0.4 is 15.4 Å². The summed E-state index contributed by atoms with van der Waals surface area (Å²) in [6, 6.07) is 13.4. The second-order valence-corrected chi connectivity index (χ2v) is 6.38. The molecule has 0 aliphatic carbocycles. The van der Waals surface area contributed by atoms with Gasteiger partial charge in [0.2, 0.25) is 11.8 Å². The van der Waals surface area contributed by atoms with Crippen LogP contribution >= 0.6 is 11.8 Å². The summed E-state index contributed by atoms with van der Waals surface area (Å²) in [6.07, 6.45) is 0. The zero-order chi connectivity index (χ0) is 19.6. The summed E-state index contributed by atoms with van der Waals surface area (Å²) in [4.78, 5) is 35.4. The van der Waals surface area contributed by atoms with Gasteiger partial charge in [-0.15, -0.1) is 11.8 Å². The van der Waals surface area contributed by atoms with Gasteiger partial charge >= 0.3 is 5.97 Å². The van der Waals surface area contributed by atoms with Crippen molar-refractivity contribution in [2.24, 2.45) is 0 Å². The van der Waals surface area contributed by atoms with Gasteiger partial charge in [-0.2, -0.15) is 0 Å². The lowest BCUT2D eigenvalue weighted by Crippen LogP contribution is -2.18. The van der Waals surface area contributed by atoms with Crippen LogP contribution in [0.4, 0.5) is 11.4 Å². The maximum Gasteiger partial charge on any atom is 0.337 e. The molecule has 142 valence electrons. The Kier molecular flexibility index (Phi) is 7.69. The van der Waals surface area contributed by atoms with Gasteiger partial charge in [0.05, 0.1) is 31.3 Å². The number of hydrogen-bond acceptors (Lipinski definition) is 6. The maximum atomic E-state index is 12.0. The standard InChI is InChI=1S/C19H20N2O5S/c1-25-16-8-6-14(7-9-16)20-17(22)11-27-12-18(23)21-15-5-3-4-13(10-15)19(24)26-2/h3-10H,11-12H2,1-2H3,(H,20,22)(H,21,23). The van der Waals surface area contributed by atoms with Gasteiger partial charge in [0.1, 0.15) is 5.75 Å². The van der Waals surface area contributed by atoms with Crippen molar-refractivity contribution >= 4 is 40.9 Å². The van der Waals surface area contributed by atoms with Crippen molar-refractivity contribution in [1.82, 2.24) is 0 Å². The van der Waals surface area contributed by atoms with Crippen LogP contribution in [0.3, 0.4) is 0 Å². The Morgan fingerprint density at radius 2 is 1.52 bits per heavy atom. The van der Waals surface area contributed by atoms with Gasteiger partial charge in [0.25, 0.3) is 0 Å². The second kappa shape index (κ2) is 10.2. The molecule has 27 heavy (non-hydrogen) atoms. The van der Waals surface area contributed by atoms with Crippen LogP contribution in [0.5, 0.6) is 5.75 Å². The highest BCUT2D eigenvalue weighted by Crippen LogP contribution is 2.16. The lowest BCUT2D eigenvalue weighted by atomic mass is 10.2. The van der Waals surface area contributed by atoms with Crippen molar-refractivity contribution in [3.05, 3.63) is 54.1 Å². The Bertz CT molecular complexity index is 808. The first-order valence-corrected chi connectivity index (χ1v) is 9.17. The van der Waals surface area contributed by atoms with E-state index in [0.29, 0.717) is 22.7 Å². The Morgan fingerprint density at radius 1 is 0.889 bits per heavy atom. The van der Waals surface area contributed by atoms with E-state index in [0.717, 1.165) is 0 Å². The average molecular weight is 388 g/mol. The first-order chi connectivity index (χ1) is 13.0. The molecule has 0 bridgehead atoms. The lowest BCUT2D eigenvalue weighted by Gasteiger charge is -2.08. The Hall–Kier alpha value is -3.00. The van der Waals surface area contributed by atoms with Crippen molar-refractivity contribution in [3.8, 4) is 5.75 Å². The largest absolute Gasteiger partial charge is 0.497 e. The molecule has 7 nitrogen and oxygen atoms in total. The van der Waals surface area contributed by atoms with Crippen molar-refractivity contribution in [2.75, 3.05) is 36.4 Å². The Labute approximate surface area is 161 Å². The normalized spacial score (nSPS) is 10.0. The minimum absolute atomic E-state index is 0.110. The molecule has 2 aromatic carbocycles. The average Bonchev–Trinajstić information content (AvgIpc) is 2.68. The Balaban J connectivity index is 1.75. The smallest absolute Gasteiger partial charge is 0.337 e. The summed E-state index contributed by atoms with van der Waals surface area (Å²) in [7, 11) is 2.86. The number of benzene rings is 2. The fourth-order valence-corrected chi connectivity index (χ4v) is 2.76. The van der Waals surface area contributed by atoms with Crippen LogP contribution in [0.2, 0.25) is 0 Å². The number of amides is 2. The molecule has 0 atom stereocenters. The van der Waals surface area contributed by atoms with E-state index in [9.17, 15) is 14.4 Å². The van der Waals surface area contributed by atoms with Crippen LogP contribution in [0.25, 0.3) is 0 Å². The van der Waals surface area contributed by atoms with E-state index in [1.165, 1.54) is 24.9 Å². The van der Waals surface area contributed by atoms with Crippen molar-refractivity contribution in [2.45, 2.75) is 0 Å². The summed E-state index contributed by atoms with van der Waals surface area (Å²) < 4.78 is 9.70. The number of esters is 1. The van der Waals surface area contributed by atoms with E-state index in [2.05, 4.69) is 15.4 Å². The highest BCUT2D eigenvalue weighted by atomic mass is 32.2. The summed E-state index contributed by atoms with van der Waals surface area (Å²) in [5.74, 6) is 0.0102. The van der Waals surface area contributed by atoms with Gasteiger partial charge in [-0.1, -0.05) is 6.07 Å². The number of hydrogen-bond donors (Lipinski definition) is 2. The number of anilines is 2. The van der Waals surface area contributed by atoms with E-state index in [1.807, 2.05) is 0 Å². The molecule has 0 saturated carbocycles. The molecule has 2 rings (SSSR count). The molecule has 0 unspecified atom stereocenters. The summed E-state index contributed by atoms with van der Waals surface area (Å²) in [6.45, 7) is 0. The number of ether oxygens (including phenoxy) is 2. The molecule has 2 amide bonds. The van der Waals surface area contributed by atoms with Gasteiger partial charge in [-0.25, -0.2) is 4.79 Å². The molecule has 0 aliphatic rings. The Morgan fingerprint density at radius 3 is 2.11 bits per heavy atom. The molecule has 0 aromatic heterocycles. The predicted octanol–water partition coefficient (Wildman–Crippen LogP) is 2.79. The molecular weight excluding hydrogens is 368 g/mol. The van der Waals surface area contributed by atoms with Crippen LogP contribution in [0.1, 0.15) is 10.4 Å². The topological polar surface area (TPSA) is 93.7 Å². The van der Waals surface area contributed by atoms with Crippen molar-refractivity contribution < 1.29 is 23.9 Å². The maximum absolute atomic E-state index is 12.0. The number of methoxy groups -OCH3 is 2. The first kappa shape index (κ1) is 20.3. The van der Waals surface area contributed by atoms with E-state index in [-0.39, 0.29) is 23.3 Å². The molecule has 8 heteroatoms. The quantitative estimate of drug-likeness (QED) is 0.676. The van der Waals surface area contributed by atoms with E-state index in [1.54, 1.807) is 49.6 Å².